The first kappa shape index (κ1) is 14.0. The van der Waals surface area contributed by atoms with Crippen LogP contribution in [0.4, 0.5) is 5.82 Å². The van der Waals surface area contributed by atoms with E-state index >= 15 is 0 Å². The van der Waals surface area contributed by atoms with Gasteiger partial charge < -0.3 is 10.4 Å². The van der Waals surface area contributed by atoms with Crippen LogP contribution in [0.2, 0.25) is 0 Å². The van der Waals surface area contributed by atoms with Crippen molar-refractivity contribution in [3.05, 3.63) is 39.0 Å². The van der Waals surface area contributed by atoms with Gasteiger partial charge in [-0.15, -0.1) is 11.3 Å². The summed E-state index contributed by atoms with van der Waals surface area (Å²) in [5.41, 5.74) is 3.41. The summed E-state index contributed by atoms with van der Waals surface area (Å²) in [7, 11) is 0. The van der Waals surface area contributed by atoms with E-state index < -0.39 is 5.97 Å². The molecule has 0 unspecified atom stereocenters. The normalized spacial score (nSPS) is 13.2. The van der Waals surface area contributed by atoms with Crippen molar-refractivity contribution in [1.29, 1.82) is 0 Å². The lowest BCUT2D eigenvalue weighted by molar-refractivity contribution is 0.0697. The zero-order chi connectivity index (χ0) is 14.8. The smallest absolute Gasteiger partial charge is 0.339 e. The summed E-state index contributed by atoms with van der Waals surface area (Å²) in [6.07, 6.45) is 3.70. The van der Waals surface area contributed by atoms with E-state index in [1.54, 1.807) is 17.4 Å². The predicted octanol–water partition coefficient (Wildman–Crippen LogP) is 2.69. The van der Waals surface area contributed by atoms with Crippen molar-refractivity contribution in [2.24, 2.45) is 0 Å². The number of thiazole rings is 1. The number of nitrogens with one attached hydrogen (secondary N) is 1. The maximum Gasteiger partial charge on any atom is 0.339 e. The lowest BCUT2D eigenvalue weighted by atomic mass is 10.1. The Hall–Kier alpha value is -1.95. The molecule has 2 N–H and O–H groups in total. The van der Waals surface area contributed by atoms with E-state index in [1.807, 2.05) is 12.3 Å². The maximum absolute atomic E-state index is 11.4. The Morgan fingerprint density at radius 2 is 2.29 bits per heavy atom. The third kappa shape index (κ3) is 3.05. The van der Waals surface area contributed by atoms with Crippen LogP contribution in [0, 0.1) is 6.92 Å². The minimum absolute atomic E-state index is 0.269. The van der Waals surface area contributed by atoms with E-state index in [0.717, 1.165) is 47.6 Å². The van der Waals surface area contributed by atoms with Gasteiger partial charge in [0.25, 0.3) is 0 Å². The molecule has 3 rings (SSSR count). The van der Waals surface area contributed by atoms with E-state index in [0.29, 0.717) is 12.4 Å². The predicted molar refractivity (Wildman–Crippen MR) is 82.3 cm³/mol. The zero-order valence-electron chi connectivity index (χ0n) is 11.8. The zero-order valence-corrected chi connectivity index (χ0v) is 12.7. The van der Waals surface area contributed by atoms with Crippen LogP contribution in [0.3, 0.4) is 0 Å². The van der Waals surface area contributed by atoms with E-state index in [-0.39, 0.29) is 5.56 Å². The Labute approximate surface area is 127 Å². The van der Waals surface area contributed by atoms with Crippen LogP contribution >= 0.6 is 11.3 Å². The molecular weight excluding hydrogens is 286 g/mol. The van der Waals surface area contributed by atoms with Gasteiger partial charge in [-0.2, -0.15) is 0 Å². The number of aromatic carboxylic acids is 1. The highest BCUT2D eigenvalue weighted by molar-refractivity contribution is 7.09. The molecule has 0 amide bonds. The van der Waals surface area contributed by atoms with Crippen LogP contribution in [-0.2, 0) is 19.3 Å². The molecule has 2 aromatic rings. The molecule has 0 aliphatic heterocycles. The lowest BCUT2D eigenvalue weighted by Gasteiger charge is -2.10. The first-order valence-corrected chi connectivity index (χ1v) is 7.92. The molecule has 0 atom stereocenters. The molecule has 110 valence electrons. The highest BCUT2D eigenvalue weighted by Gasteiger charge is 2.19. The van der Waals surface area contributed by atoms with E-state index in [4.69, 9.17) is 0 Å². The third-order valence-corrected chi connectivity index (χ3v) is 4.61. The number of nitrogens with zero attached hydrogens (tertiary/aromatic N) is 2. The molecule has 0 saturated heterocycles. The fraction of sp³-hybridized carbons (Fsp3) is 0.400. The van der Waals surface area contributed by atoms with Crippen molar-refractivity contribution in [1.82, 2.24) is 9.97 Å². The van der Waals surface area contributed by atoms with Crippen molar-refractivity contribution in [2.75, 3.05) is 11.9 Å². The van der Waals surface area contributed by atoms with E-state index in [2.05, 4.69) is 15.3 Å². The largest absolute Gasteiger partial charge is 0.478 e. The van der Waals surface area contributed by atoms with Gasteiger partial charge in [-0.3, -0.25) is 0 Å². The average molecular weight is 303 g/mol. The summed E-state index contributed by atoms with van der Waals surface area (Å²) in [4.78, 5) is 20.3. The third-order valence-electron chi connectivity index (χ3n) is 3.58. The molecule has 0 fully saturated rings. The molecule has 0 saturated carbocycles. The average Bonchev–Trinajstić information content (AvgIpc) is 3.06. The number of aryl methyl sites for hydroxylation is 3. The van der Waals surface area contributed by atoms with Crippen LogP contribution in [-0.4, -0.2) is 27.6 Å². The second-order valence-electron chi connectivity index (χ2n) is 5.21. The highest BCUT2D eigenvalue weighted by atomic mass is 32.1. The minimum atomic E-state index is -0.926. The SMILES string of the molecule is Cc1csc(CCNc2nc3c(cc2C(=O)O)CCC3)n1. The Kier molecular flexibility index (Phi) is 3.88. The molecule has 1 aliphatic carbocycles. The van der Waals surface area contributed by atoms with Gasteiger partial charge in [0.1, 0.15) is 11.4 Å². The monoisotopic (exact) mass is 303 g/mol. The van der Waals surface area contributed by atoms with E-state index in [1.165, 1.54) is 0 Å². The number of aromatic nitrogens is 2. The Balaban J connectivity index is 1.73. The summed E-state index contributed by atoms with van der Waals surface area (Å²) in [5.74, 6) is -0.443. The molecule has 0 spiro atoms. The van der Waals surface area contributed by atoms with Gasteiger partial charge in [0.05, 0.1) is 5.01 Å². The van der Waals surface area contributed by atoms with Gasteiger partial charge in [-0.05, 0) is 37.8 Å². The van der Waals surface area contributed by atoms with E-state index in [9.17, 15) is 9.90 Å². The molecule has 0 aromatic carbocycles. The summed E-state index contributed by atoms with van der Waals surface area (Å²) in [6, 6.07) is 1.77. The first-order valence-electron chi connectivity index (χ1n) is 7.04. The fourth-order valence-corrected chi connectivity index (χ4v) is 3.35. The van der Waals surface area contributed by atoms with Crippen LogP contribution in [0.15, 0.2) is 11.4 Å². The number of hydrogen-bond acceptors (Lipinski definition) is 5. The molecule has 0 bridgehead atoms. The highest BCUT2D eigenvalue weighted by Crippen LogP contribution is 2.25. The summed E-state index contributed by atoms with van der Waals surface area (Å²) in [5, 5.41) is 15.6. The van der Waals surface area contributed by atoms with Gasteiger partial charge in [0, 0.05) is 29.7 Å². The first-order chi connectivity index (χ1) is 10.1. The molecule has 2 aromatic heterocycles. The van der Waals surface area contributed by atoms with Crippen LogP contribution in [0.25, 0.3) is 0 Å². The van der Waals surface area contributed by atoms with Crippen molar-refractivity contribution in [3.63, 3.8) is 0 Å². The Morgan fingerprint density at radius 3 is 3.00 bits per heavy atom. The quantitative estimate of drug-likeness (QED) is 0.888. The number of carboxylic acid groups (broad SMARTS) is 1. The number of hydrogen-bond donors (Lipinski definition) is 2. The van der Waals surface area contributed by atoms with Crippen LogP contribution in [0.1, 0.15) is 38.7 Å². The summed E-state index contributed by atoms with van der Waals surface area (Å²) >= 11 is 1.63. The van der Waals surface area contributed by atoms with Gasteiger partial charge in [-0.1, -0.05) is 0 Å². The summed E-state index contributed by atoms with van der Waals surface area (Å²) in [6.45, 7) is 2.61. The van der Waals surface area contributed by atoms with Gasteiger partial charge in [0.2, 0.25) is 0 Å². The number of pyridine rings is 1. The fourth-order valence-electron chi connectivity index (χ4n) is 2.58. The Morgan fingerprint density at radius 1 is 1.43 bits per heavy atom. The molecule has 1 aliphatic rings. The van der Waals surface area contributed by atoms with Gasteiger partial charge in [-0.25, -0.2) is 14.8 Å². The second-order valence-corrected chi connectivity index (χ2v) is 6.15. The molecule has 2 heterocycles. The van der Waals surface area contributed by atoms with Crippen molar-refractivity contribution in [2.45, 2.75) is 32.6 Å². The molecule has 0 radical (unpaired) electrons. The van der Waals surface area contributed by atoms with Gasteiger partial charge in [0.15, 0.2) is 0 Å². The van der Waals surface area contributed by atoms with Crippen molar-refractivity contribution in [3.8, 4) is 0 Å². The maximum atomic E-state index is 11.4. The lowest BCUT2D eigenvalue weighted by Crippen LogP contribution is -2.12. The summed E-state index contributed by atoms with van der Waals surface area (Å²) < 4.78 is 0. The number of fused-ring (bicyclic) bond motifs is 1. The molecular formula is C15H17N3O2S. The molecule has 21 heavy (non-hydrogen) atoms. The molecule has 5 nitrogen and oxygen atoms in total. The van der Waals surface area contributed by atoms with Crippen molar-refractivity contribution >= 4 is 23.1 Å². The minimum Gasteiger partial charge on any atom is -0.478 e. The second kappa shape index (κ2) is 5.81. The number of carboxylic acids is 1. The van der Waals surface area contributed by atoms with Crippen LogP contribution < -0.4 is 5.32 Å². The number of carbonyl (C=O) groups is 1. The molecule has 6 heteroatoms. The topological polar surface area (TPSA) is 75.1 Å². The van der Waals surface area contributed by atoms with Gasteiger partial charge >= 0.3 is 5.97 Å². The number of anilines is 1. The van der Waals surface area contributed by atoms with Crippen LogP contribution in [0.5, 0.6) is 0 Å². The Bertz CT molecular complexity index is 682. The number of rotatable bonds is 5. The standard InChI is InChI=1S/C15H17N3O2S/c1-9-8-21-13(17-9)5-6-16-14-11(15(19)20)7-10-3-2-4-12(10)18-14/h7-8H,2-6H2,1H3,(H,16,18)(H,19,20). The van der Waals surface area contributed by atoms with Crippen molar-refractivity contribution < 1.29 is 9.90 Å².